The standard InChI is InChI=1S/C12H13FN4O2/c13-10-2-1-8(5-14-10)11(18)16-3-4-17-9(7-16)6-15-12(17)19/h1-2,5,9H,3-4,6-7H2,(H,15,19). The van der Waals surface area contributed by atoms with E-state index in [4.69, 9.17) is 0 Å². The summed E-state index contributed by atoms with van der Waals surface area (Å²) in [5.41, 5.74) is 0.368. The molecule has 19 heavy (non-hydrogen) atoms. The molecule has 0 radical (unpaired) electrons. The molecule has 1 N–H and O–H groups in total. The highest BCUT2D eigenvalue weighted by molar-refractivity contribution is 5.94. The molecule has 0 aromatic carbocycles. The third-order valence-electron chi connectivity index (χ3n) is 3.49. The molecule has 1 aromatic rings. The topological polar surface area (TPSA) is 65.5 Å². The summed E-state index contributed by atoms with van der Waals surface area (Å²) in [6, 6.07) is 2.55. The van der Waals surface area contributed by atoms with Crippen molar-refractivity contribution in [2.45, 2.75) is 6.04 Å². The van der Waals surface area contributed by atoms with E-state index in [1.54, 1.807) is 9.80 Å². The maximum absolute atomic E-state index is 12.7. The number of nitrogens with one attached hydrogen (secondary N) is 1. The van der Waals surface area contributed by atoms with E-state index >= 15 is 0 Å². The zero-order valence-electron chi connectivity index (χ0n) is 10.2. The van der Waals surface area contributed by atoms with Gasteiger partial charge in [0.05, 0.1) is 11.6 Å². The first-order valence-electron chi connectivity index (χ1n) is 6.10. The van der Waals surface area contributed by atoms with Crippen molar-refractivity contribution in [1.82, 2.24) is 20.1 Å². The first-order chi connectivity index (χ1) is 9.15. The van der Waals surface area contributed by atoms with Crippen LogP contribution in [0.4, 0.5) is 9.18 Å². The molecule has 0 saturated carbocycles. The fourth-order valence-corrected chi connectivity index (χ4v) is 2.47. The number of hydrogen-bond acceptors (Lipinski definition) is 3. The van der Waals surface area contributed by atoms with E-state index in [2.05, 4.69) is 10.3 Å². The Bertz CT molecular complexity index is 519. The maximum atomic E-state index is 12.7. The van der Waals surface area contributed by atoms with Crippen LogP contribution in [0.25, 0.3) is 0 Å². The molecule has 1 aromatic heterocycles. The van der Waals surface area contributed by atoms with E-state index in [0.29, 0.717) is 31.7 Å². The smallest absolute Gasteiger partial charge is 0.317 e. The van der Waals surface area contributed by atoms with E-state index in [1.807, 2.05) is 0 Å². The lowest BCUT2D eigenvalue weighted by atomic mass is 10.1. The van der Waals surface area contributed by atoms with Gasteiger partial charge in [-0.2, -0.15) is 4.39 Å². The monoisotopic (exact) mass is 264 g/mol. The fourth-order valence-electron chi connectivity index (χ4n) is 2.47. The Morgan fingerprint density at radius 1 is 1.42 bits per heavy atom. The van der Waals surface area contributed by atoms with Crippen LogP contribution in [0.1, 0.15) is 10.4 Å². The molecule has 2 aliphatic rings. The van der Waals surface area contributed by atoms with Crippen LogP contribution in [0.3, 0.4) is 0 Å². The first kappa shape index (κ1) is 11.9. The molecule has 0 spiro atoms. The Kier molecular flexibility index (Phi) is 2.81. The van der Waals surface area contributed by atoms with Crippen molar-refractivity contribution in [2.75, 3.05) is 26.2 Å². The first-order valence-corrected chi connectivity index (χ1v) is 6.10. The van der Waals surface area contributed by atoms with Crippen LogP contribution >= 0.6 is 0 Å². The van der Waals surface area contributed by atoms with Gasteiger partial charge in [-0.25, -0.2) is 9.78 Å². The SMILES string of the molecule is O=C(c1ccc(F)nc1)N1CCN2C(=O)NCC2C1. The Labute approximate surface area is 109 Å². The normalized spacial score (nSPS) is 22.2. The van der Waals surface area contributed by atoms with Gasteiger partial charge in [-0.3, -0.25) is 4.79 Å². The van der Waals surface area contributed by atoms with Crippen LogP contribution in [-0.2, 0) is 0 Å². The number of fused-ring (bicyclic) bond motifs is 1. The zero-order chi connectivity index (χ0) is 13.4. The predicted octanol–water partition coefficient (Wildman–Crippen LogP) is 0.0703. The number of amides is 3. The van der Waals surface area contributed by atoms with E-state index < -0.39 is 5.95 Å². The number of carbonyl (C=O) groups excluding carboxylic acids is 2. The molecule has 3 amide bonds. The van der Waals surface area contributed by atoms with Crippen LogP contribution < -0.4 is 5.32 Å². The number of urea groups is 1. The summed E-state index contributed by atoms with van der Waals surface area (Å²) in [4.78, 5) is 30.6. The minimum Gasteiger partial charge on any atom is -0.336 e. The second-order valence-electron chi connectivity index (χ2n) is 4.65. The third-order valence-corrected chi connectivity index (χ3v) is 3.49. The lowest BCUT2D eigenvalue weighted by molar-refractivity contribution is 0.0616. The summed E-state index contributed by atoms with van der Waals surface area (Å²) in [6.45, 7) is 2.07. The lowest BCUT2D eigenvalue weighted by Gasteiger charge is -2.36. The van der Waals surface area contributed by atoms with Crippen molar-refractivity contribution in [3.05, 3.63) is 29.8 Å². The van der Waals surface area contributed by atoms with Crippen LogP contribution in [-0.4, -0.2) is 58.9 Å². The van der Waals surface area contributed by atoms with E-state index in [9.17, 15) is 14.0 Å². The van der Waals surface area contributed by atoms with Gasteiger partial charge in [0, 0.05) is 32.4 Å². The van der Waals surface area contributed by atoms with Gasteiger partial charge in [0.2, 0.25) is 5.95 Å². The van der Waals surface area contributed by atoms with Gasteiger partial charge in [0.15, 0.2) is 0 Å². The summed E-state index contributed by atoms with van der Waals surface area (Å²) in [5.74, 6) is -0.779. The van der Waals surface area contributed by atoms with Crippen molar-refractivity contribution < 1.29 is 14.0 Å². The minimum atomic E-state index is -0.605. The largest absolute Gasteiger partial charge is 0.336 e. The number of aromatic nitrogens is 1. The molecule has 7 heteroatoms. The number of hydrogen-bond donors (Lipinski definition) is 1. The van der Waals surface area contributed by atoms with Crippen LogP contribution in [0.2, 0.25) is 0 Å². The zero-order valence-corrected chi connectivity index (χ0v) is 10.2. The maximum Gasteiger partial charge on any atom is 0.317 e. The lowest BCUT2D eigenvalue weighted by Crippen LogP contribution is -2.53. The van der Waals surface area contributed by atoms with Gasteiger partial charge in [-0.05, 0) is 12.1 Å². The van der Waals surface area contributed by atoms with Crippen LogP contribution in [0, 0.1) is 5.95 Å². The summed E-state index contributed by atoms with van der Waals surface area (Å²) in [7, 11) is 0. The molecule has 0 aliphatic carbocycles. The number of halogens is 1. The molecule has 2 saturated heterocycles. The van der Waals surface area contributed by atoms with Gasteiger partial charge in [-0.1, -0.05) is 0 Å². The van der Waals surface area contributed by atoms with Gasteiger partial charge in [0.25, 0.3) is 5.91 Å². The van der Waals surface area contributed by atoms with Gasteiger partial charge in [-0.15, -0.1) is 0 Å². The van der Waals surface area contributed by atoms with Crippen molar-refractivity contribution in [1.29, 1.82) is 0 Å². The van der Waals surface area contributed by atoms with Crippen molar-refractivity contribution in [2.24, 2.45) is 0 Å². The summed E-state index contributed by atoms with van der Waals surface area (Å²) in [6.07, 6.45) is 1.24. The van der Waals surface area contributed by atoms with E-state index in [1.165, 1.54) is 18.3 Å². The summed E-state index contributed by atoms with van der Waals surface area (Å²) >= 11 is 0. The predicted molar refractivity (Wildman–Crippen MR) is 64.0 cm³/mol. The van der Waals surface area contributed by atoms with Crippen molar-refractivity contribution >= 4 is 11.9 Å². The summed E-state index contributed by atoms with van der Waals surface area (Å²) < 4.78 is 12.7. The molecule has 2 aliphatic heterocycles. The third kappa shape index (κ3) is 2.11. The van der Waals surface area contributed by atoms with E-state index in [-0.39, 0.29) is 18.0 Å². The number of pyridine rings is 1. The molecule has 6 nitrogen and oxygen atoms in total. The molecule has 0 bridgehead atoms. The number of nitrogens with zero attached hydrogens (tertiary/aromatic N) is 3. The van der Waals surface area contributed by atoms with Gasteiger partial charge in [0.1, 0.15) is 0 Å². The van der Waals surface area contributed by atoms with Crippen molar-refractivity contribution in [3.63, 3.8) is 0 Å². The van der Waals surface area contributed by atoms with Crippen molar-refractivity contribution in [3.8, 4) is 0 Å². The second-order valence-corrected chi connectivity index (χ2v) is 4.65. The minimum absolute atomic E-state index is 0.0265. The Hall–Kier alpha value is -2.18. The highest BCUT2D eigenvalue weighted by Gasteiger charge is 2.37. The highest BCUT2D eigenvalue weighted by atomic mass is 19.1. The number of carbonyl (C=O) groups is 2. The molecule has 100 valence electrons. The summed E-state index contributed by atoms with van der Waals surface area (Å²) in [5, 5.41) is 2.76. The molecule has 2 fully saturated rings. The van der Waals surface area contributed by atoms with Crippen LogP contribution in [0.5, 0.6) is 0 Å². The van der Waals surface area contributed by atoms with Gasteiger partial charge < -0.3 is 15.1 Å². The Morgan fingerprint density at radius 3 is 3.00 bits per heavy atom. The second kappa shape index (κ2) is 4.49. The number of piperazine rings is 1. The fraction of sp³-hybridized carbons (Fsp3) is 0.417. The highest BCUT2D eigenvalue weighted by Crippen LogP contribution is 2.16. The molecule has 1 unspecified atom stereocenters. The molecule has 3 rings (SSSR count). The molecule has 3 heterocycles. The molecular formula is C12H13FN4O2. The average Bonchev–Trinajstić information content (AvgIpc) is 2.80. The molecule has 1 atom stereocenters. The van der Waals surface area contributed by atoms with Gasteiger partial charge >= 0.3 is 6.03 Å². The number of rotatable bonds is 1. The van der Waals surface area contributed by atoms with Crippen LogP contribution in [0.15, 0.2) is 18.3 Å². The average molecular weight is 264 g/mol. The quantitative estimate of drug-likeness (QED) is 0.730. The molecular weight excluding hydrogens is 251 g/mol. The Morgan fingerprint density at radius 2 is 2.26 bits per heavy atom. The Balaban J connectivity index is 1.72. The van der Waals surface area contributed by atoms with E-state index in [0.717, 1.165) is 0 Å².